The van der Waals surface area contributed by atoms with Crippen LogP contribution in [0.5, 0.6) is 5.75 Å². The lowest BCUT2D eigenvalue weighted by atomic mass is 10.2. The molecule has 30 heavy (non-hydrogen) atoms. The molecule has 0 radical (unpaired) electrons. The van der Waals surface area contributed by atoms with E-state index in [1.807, 2.05) is 0 Å². The van der Waals surface area contributed by atoms with Gasteiger partial charge in [0.25, 0.3) is 0 Å². The molecule has 0 aliphatic rings. The van der Waals surface area contributed by atoms with E-state index in [0.29, 0.717) is 0 Å². The highest BCUT2D eigenvalue weighted by molar-refractivity contribution is 6.31. The van der Waals surface area contributed by atoms with Crippen LogP contribution in [0.2, 0.25) is 5.02 Å². The fourth-order valence-corrected chi connectivity index (χ4v) is 2.65. The first-order valence-corrected chi connectivity index (χ1v) is 8.55. The summed E-state index contributed by atoms with van der Waals surface area (Å²) in [6, 6.07) is 4.55. The van der Waals surface area contributed by atoms with E-state index < -0.39 is 29.9 Å². The predicted molar refractivity (Wildman–Crippen MR) is 97.7 cm³/mol. The van der Waals surface area contributed by atoms with Gasteiger partial charge in [-0.15, -0.1) is 5.23 Å². The maximum Gasteiger partial charge on any atom is 0.345 e. The third-order valence-corrected chi connectivity index (χ3v) is 4.15. The van der Waals surface area contributed by atoms with Crippen LogP contribution in [0.3, 0.4) is 0 Å². The van der Waals surface area contributed by atoms with Crippen LogP contribution >= 0.6 is 11.6 Å². The van der Waals surface area contributed by atoms with E-state index in [1.165, 1.54) is 12.1 Å². The molecule has 0 atom stereocenters. The van der Waals surface area contributed by atoms with Crippen molar-refractivity contribution in [3.8, 4) is 5.75 Å². The SMILES string of the molecule is ON(O)c1cc2c(Nc3ccc(F)c(Cl)c3F)ncnc2cc1OCCOC(F)F. The summed E-state index contributed by atoms with van der Waals surface area (Å²) >= 11 is 5.57. The molecule has 13 heteroatoms. The fraction of sp³-hybridized carbons (Fsp3) is 0.176. The molecule has 0 bridgehead atoms. The van der Waals surface area contributed by atoms with Crippen LogP contribution in [0.1, 0.15) is 0 Å². The molecule has 3 aromatic rings. The van der Waals surface area contributed by atoms with Gasteiger partial charge in [0.05, 0.1) is 17.8 Å². The summed E-state index contributed by atoms with van der Waals surface area (Å²) < 4.78 is 60.9. The van der Waals surface area contributed by atoms with Crippen molar-refractivity contribution in [3.63, 3.8) is 0 Å². The molecule has 3 rings (SSSR count). The number of benzene rings is 2. The lowest BCUT2D eigenvalue weighted by Crippen LogP contribution is -2.15. The van der Waals surface area contributed by atoms with Gasteiger partial charge >= 0.3 is 6.61 Å². The molecule has 3 N–H and O–H groups in total. The van der Waals surface area contributed by atoms with Crippen molar-refractivity contribution >= 4 is 39.7 Å². The molecule has 1 aromatic heterocycles. The van der Waals surface area contributed by atoms with Crippen LogP contribution in [0.15, 0.2) is 30.6 Å². The number of nitrogens with zero attached hydrogens (tertiary/aromatic N) is 3. The second-order valence-electron chi connectivity index (χ2n) is 5.68. The highest BCUT2D eigenvalue weighted by Crippen LogP contribution is 2.35. The maximum atomic E-state index is 14.2. The Morgan fingerprint density at radius 2 is 1.90 bits per heavy atom. The van der Waals surface area contributed by atoms with Crippen LogP contribution in [-0.2, 0) is 4.74 Å². The van der Waals surface area contributed by atoms with Crippen LogP contribution in [0.25, 0.3) is 10.9 Å². The molecule has 0 saturated heterocycles. The molecule has 0 spiro atoms. The van der Waals surface area contributed by atoms with Crippen molar-refractivity contribution in [1.82, 2.24) is 9.97 Å². The Kier molecular flexibility index (Phi) is 6.72. The molecule has 160 valence electrons. The van der Waals surface area contributed by atoms with Crippen LogP contribution in [0, 0.1) is 11.6 Å². The molecule has 0 unspecified atom stereocenters. The predicted octanol–water partition coefficient (Wildman–Crippen LogP) is 4.51. The van der Waals surface area contributed by atoms with Crippen molar-refractivity contribution in [1.29, 1.82) is 0 Å². The van der Waals surface area contributed by atoms with E-state index in [-0.39, 0.29) is 45.7 Å². The summed E-state index contributed by atoms with van der Waals surface area (Å²) in [5, 5.41) is 20.8. The number of anilines is 3. The zero-order chi connectivity index (χ0) is 21.8. The first-order chi connectivity index (χ1) is 14.3. The zero-order valence-electron chi connectivity index (χ0n) is 14.8. The molecule has 0 saturated carbocycles. The number of hydrogen-bond donors (Lipinski definition) is 3. The Labute approximate surface area is 171 Å². The molecule has 0 amide bonds. The van der Waals surface area contributed by atoms with E-state index in [9.17, 15) is 28.0 Å². The molecule has 1 heterocycles. The molecule has 2 aromatic carbocycles. The maximum absolute atomic E-state index is 14.2. The first-order valence-electron chi connectivity index (χ1n) is 8.17. The second-order valence-corrected chi connectivity index (χ2v) is 6.05. The number of hydrogen-bond acceptors (Lipinski definition) is 8. The number of alkyl halides is 2. The van der Waals surface area contributed by atoms with Gasteiger partial charge in [0.15, 0.2) is 5.82 Å². The lowest BCUT2D eigenvalue weighted by Gasteiger charge is -2.17. The van der Waals surface area contributed by atoms with Gasteiger partial charge in [0.2, 0.25) is 0 Å². The van der Waals surface area contributed by atoms with Gasteiger partial charge in [-0.2, -0.15) is 8.78 Å². The minimum absolute atomic E-state index is 0.0391. The van der Waals surface area contributed by atoms with E-state index in [1.54, 1.807) is 0 Å². The summed E-state index contributed by atoms with van der Waals surface area (Å²) in [5.41, 5.74) is -0.233. The smallest absolute Gasteiger partial charge is 0.345 e. The molecular formula is C17H13ClF4N4O4. The van der Waals surface area contributed by atoms with Gasteiger partial charge in [-0.25, -0.2) is 18.7 Å². The van der Waals surface area contributed by atoms with E-state index >= 15 is 0 Å². The van der Waals surface area contributed by atoms with Crippen molar-refractivity contribution < 1.29 is 37.4 Å². The number of rotatable bonds is 8. The van der Waals surface area contributed by atoms with Gasteiger partial charge in [-0.3, -0.25) is 10.4 Å². The van der Waals surface area contributed by atoms with Crippen molar-refractivity contribution in [2.45, 2.75) is 6.61 Å². The standard InChI is InChI=1S/C17H13ClF4N4O4/c18-14-9(19)1-2-10(15(14)20)25-16-8-5-12(26(27)28)13(6-11(8)23-7-24-16)29-3-4-30-17(21)22/h1-2,5-7,17,27-28H,3-4H2,(H,23,24,25). The Morgan fingerprint density at radius 3 is 2.60 bits per heavy atom. The van der Waals surface area contributed by atoms with E-state index in [2.05, 4.69) is 20.0 Å². The van der Waals surface area contributed by atoms with E-state index in [0.717, 1.165) is 18.5 Å². The van der Waals surface area contributed by atoms with Gasteiger partial charge in [0, 0.05) is 11.5 Å². The average molecular weight is 449 g/mol. The van der Waals surface area contributed by atoms with Gasteiger partial charge in [0.1, 0.15) is 41.0 Å². The monoisotopic (exact) mass is 448 g/mol. The van der Waals surface area contributed by atoms with Crippen LogP contribution in [0.4, 0.5) is 34.8 Å². The highest BCUT2D eigenvalue weighted by Gasteiger charge is 2.17. The normalized spacial score (nSPS) is 11.2. The Hall–Kier alpha value is -2.93. The summed E-state index contributed by atoms with van der Waals surface area (Å²) in [7, 11) is 0. The average Bonchev–Trinajstić information content (AvgIpc) is 2.71. The molecule has 0 fully saturated rings. The Balaban J connectivity index is 1.96. The van der Waals surface area contributed by atoms with Crippen molar-refractivity contribution in [2.24, 2.45) is 0 Å². The minimum atomic E-state index is -2.97. The summed E-state index contributed by atoms with van der Waals surface area (Å²) in [4.78, 5) is 7.98. The summed E-state index contributed by atoms with van der Waals surface area (Å²) in [6.45, 7) is -3.74. The van der Waals surface area contributed by atoms with Crippen molar-refractivity contribution in [2.75, 3.05) is 23.8 Å². The van der Waals surface area contributed by atoms with Crippen LogP contribution in [-0.4, -0.2) is 40.2 Å². The fourth-order valence-electron chi connectivity index (χ4n) is 2.48. The lowest BCUT2D eigenvalue weighted by molar-refractivity contribution is -0.133. The minimum Gasteiger partial charge on any atom is -0.489 e. The Bertz CT molecular complexity index is 1060. The number of fused-ring (bicyclic) bond motifs is 1. The van der Waals surface area contributed by atoms with Gasteiger partial charge < -0.3 is 14.8 Å². The summed E-state index contributed by atoms with van der Waals surface area (Å²) in [6.07, 6.45) is 1.13. The first kappa shape index (κ1) is 21.8. The van der Waals surface area contributed by atoms with Crippen LogP contribution < -0.4 is 15.3 Å². The van der Waals surface area contributed by atoms with E-state index in [4.69, 9.17) is 16.3 Å². The Morgan fingerprint density at radius 1 is 1.13 bits per heavy atom. The zero-order valence-corrected chi connectivity index (χ0v) is 15.6. The molecular weight excluding hydrogens is 436 g/mol. The molecule has 0 aliphatic heterocycles. The highest BCUT2D eigenvalue weighted by atomic mass is 35.5. The topological polar surface area (TPSA) is 100.0 Å². The number of aromatic nitrogens is 2. The largest absolute Gasteiger partial charge is 0.489 e. The second kappa shape index (κ2) is 9.26. The van der Waals surface area contributed by atoms with Gasteiger partial charge in [-0.05, 0) is 18.2 Å². The number of nitrogens with one attached hydrogen (secondary N) is 1. The molecule has 0 aliphatic carbocycles. The quantitative estimate of drug-likeness (QED) is 0.200. The van der Waals surface area contributed by atoms with Gasteiger partial charge in [-0.1, -0.05) is 11.6 Å². The molecule has 8 nitrogen and oxygen atoms in total. The summed E-state index contributed by atoms with van der Waals surface area (Å²) in [5.74, 6) is -2.06. The third kappa shape index (κ3) is 4.79. The number of halogens is 5. The third-order valence-electron chi connectivity index (χ3n) is 3.80. The number of ether oxygens (including phenoxy) is 2. The van der Waals surface area contributed by atoms with Crippen molar-refractivity contribution in [3.05, 3.63) is 47.2 Å².